The second kappa shape index (κ2) is 10.4. The van der Waals surface area contributed by atoms with Gasteiger partial charge in [-0.1, -0.05) is 12.1 Å². The van der Waals surface area contributed by atoms with Crippen molar-refractivity contribution in [1.82, 2.24) is 10.2 Å². The first-order valence-electron chi connectivity index (χ1n) is 10.7. The molecule has 0 bridgehead atoms. The van der Waals surface area contributed by atoms with E-state index < -0.39 is 17.6 Å². The molecule has 33 heavy (non-hydrogen) atoms. The normalized spacial score (nSPS) is 19.5. The molecule has 0 radical (unpaired) electrons. The Morgan fingerprint density at radius 3 is 2.73 bits per heavy atom. The van der Waals surface area contributed by atoms with Gasteiger partial charge in [0.1, 0.15) is 5.75 Å². The fourth-order valence-electron chi connectivity index (χ4n) is 4.59. The highest BCUT2D eigenvalue weighted by Crippen LogP contribution is 2.42. The summed E-state index contributed by atoms with van der Waals surface area (Å²) in [5, 5.41) is 11.8. The van der Waals surface area contributed by atoms with E-state index in [0.717, 1.165) is 43.4 Å². The molecule has 1 fully saturated rings. The van der Waals surface area contributed by atoms with E-state index in [9.17, 15) is 23.2 Å². The largest absolute Gasteiger partial charge is 0.493 e. The maximum Gasteiger partial charge on any atom is 0.417 e. The summed E-state index contributed by atoms with van der Waals surface area (Å²) in [4.78, 5) is 14.6. The van der Waals surface area contributed by atoms with Crippen molar-refractivity contribution in [2.75, 3.05) is 32.8 Å². The van der Waals surface area contributed by atoms with Crippen LogP contribution in [0.4, 0.5) is 13.2 Å². The Morgan fingerprint density at radius 2 is 1.97 bits per heavy atom. The van der Waals surface area contributed by atoms with Gasteiger partial charge < -0.3 is 15.0 Å². The third kappa shape index (κ3) is 5.60. The summed E-state index contributed by atoms with van der Waals surface area (Å²) in [6.45, 7) is 3.63. The Hall–Kier alpha value is -2.76. The molecule has 2 aromatic rings. The molecule has 0 aromatic heterocycles. The Morgan fingerprint density at radius 1 is 1.18 bits per heavy atom. The molecule has 5 nitrogen and oxygen atoms in total. The van der Waals surface area contributed by atoms with Crippen LogP contribution in [0.5, 0.6) is 5.75 Å². The highest BCUT2D eigenvalue weighted by atomic mass is 35.5. The summed E-state index contributed by atoms with van der Waals surface area (Å²) in [6.07, 6.45) is -3.05. The van der Waals surface area contributed by atoms with Crippen molar-refractivity contribution in [2.24, 2.45) is 5.92 Å². The fraction of sp³-hybridized carbons (Fsp3) is 0.417. The van der Waals surface area contributed by atoms with Crippen LogP contribution in [0.3, 0.4) is 0 Å². The van der Waals surface area contributed by atoms with E-state index >= 15 is 0 Å². The lowest BCUT2D eigenvalue weighted by Gasteiger charge is -2.27. The van der Waals surface area contributed by atoms with Crippen LogP contribution in [0.15, 0.2) is 42.5 Å². The molecule has 1 amide bonds. The number of nitrogens with zero attached hydrogens (tertiary/aromatic N) is 2. The molecule has 2 aliphatic rings. The molecule has 0 aliphatic carbocycles. The molecule has 4 rings (SSSR count). The van der Waals surface area contributed by atoms with Gasteiger partial charge in [-0.15, -0.1) is 12.4 Å². The van der Waals surface area contributed by atoms with Gasteiger partial charge in [-0.3, -0.25) is 4.79 Å². The Kier molecular flexibility index (Phi) is 7.88. The summed E-state index contributed by atoms with van der Waals surface area (Å²) < 4.78 is 45.1. The lowest BCUT2D eigenvalue weighted by Crippen LogP contribution is -2.28. The highest BCUT2D eigenvalue weighted by molar-refractivity contribution is 5.95. The van der Waals surface area contributed by atoms with E-state index in [1.807, 2.05) is 12.1 Å². The number of nitrogens with one attached hydrogen (secondary N) is 1. The molecule has 9 heteroatoms. The van der Waals surface area contributed by atoms with Crippen molar-refractivity contribution in [3.05, 3.63) is 64.7 Å². The predicted molar refractivity (Wildman–Crippen MR) is 120 cm³/mol. The number of carbonyl (C=O) groups excluding carboxylic acids is 1. The SMILES string of the molecule is Cl.N#Cc1ccc2c(c1)[C@H]1CN(CCCCNC(=O)c3ccccc3C(F)(F)F)C[C@@H]1CO2. The van der Waals surface area contributed by atoms with Crippen LogP contribution < -0.4 is 10.1 Å². The smallest absolute Gasteiger partial charge is 0.417 e. The average molecular weight is 480 g/mol. The second-order valence-electron chi connectivity index (χ2n) is 8.31. The zero-order valence-electron chi connectivity index (χ0n) is 17.9. The van der Waals surface area contributed by atoms with Gasteiger partial charge in [-0.2, -0.15) is 18.4 Å². The van der Waals surface area contributed by atoms with Gasteiger partial charge in [0.05, 0.1) is 29.4 Å². The molecule has 2 aromatic carbocycles. The summed E-state index contributed by atoms with van der Waals surface area (Å²) in [7, 11) is 0. The van der Waals surface area contributed by atoms with E-state index in [-0.39, 0.29) is 18.0 Å². The van der Waals surface area contributed by atoms with Crippen molar-refractivity contribution < 1.29 is 22.7 Å². The van der Waals surface area contributed by atoms with Crippen LogP contribution in [-0.2, 0) is 6.18 Å². The number of carbonyl (C=O) groups is 1. The minimum atomic E-state index is -4.56. The Bertz CT molecular complexity index is 1040. The molecule has 0 unspecified atom stereocenters. The Labute approximate surface area is 196 Å². The third-order valence-corrected chi connectivity index (χ3v) is 6.17. The van der Waals surface area contributed by atoms with Crippen molar-refractivity contribution in [2.45, 2.75) is 24.9 Å². The predicted octanol–water partition coefficient (Wildman–Crippen LogP) is 4.62. The number of unbranched alkanes of at least 4 members (excludes halogenated alkanes) is 1. The number of benzene rings is 2. The number of amides is 1. The van der Waals surface area contributed by atoms with E-state index in [2.05, 4.69) is 16.3 Å². The number of ether oxygens (including phenoxy) is 1. The molecule has 1 saturated heterocycles. The molecular weight excluding hydrogens is 455 g/mol. The van der Waals surface area contributed by atoms with Crippen molar-refractivity contribution >= 4 is 18.3 Å². The van der Waals surface area contributed by atoms with Crippen LogP contribution in [-0.4, -0.2) is 43.6 Å². The van der Waals surface area contributed by atoms with E-state index in [1.165, 1.54) is 18.2 Å². The lowest BCUT2D eigenvalue weighted by molar-refractivity contribution is -0.137. The topological polar surface area (TPSA) is 65.4 Å². The zero-order valence-corrected chi connectivity index (χ0v) is 18.7. The summed E-state index contributed by atoms with van der Waals surface area (Å²) in [5.41, 5.74) is 0.464. The van der Waals surface area contributed by atoms with Gasteiger partial charge in [-0.25, -0.2) is 0 Å². The van der Waals surface area contributed by atoms with Gasteiger partial charge in [0.25, 0.3) is 5.91 Å². The standard InChI is InChI=1S/C24H24F3N3O2.ClH/c25-24(26,27)21-6-2-1-5-18(21)23(31)29-9-3-4-10-30-13-17-15-32-22-8-7-16(12-28)11-19(22)20(17)14-30;/h1-2,5-8,11,17,20H,3-4,9-10,13-15H2,(H,29,31);1H/t17-,20+;/m1./s1. The maximum atomic E-state index is 13.1. The minimum absolute atomic E-state index is 0. The number of alkyl halides is 3. The van der Waals surface area contributed by atoms with Gasteiger partial charge in [0, 0.05) is 37.0 Å². The lowest BCUT2D eigenvalue weighted by atomic mass is 9.86. The molecular formula is C24H25ClF3N3O2. The summed E-state index contributed by atoms with van der Waals surface area (Å²) in [5.74, 6) is 0.877. The van der Waals surface area contributed by atoms with Crippen molar-refractivity contribution in [3.8, 4) is 11.8 Å². The minimum Gasteiger partial charge on any atom is -0.493 e. The number of hydrogen-bond donors (Lipinski definition) is 1. The second-order valence-corrected chi connectivity index (χ2v) is 8.31. The monoisotopic (exact) mass is 479 g/mol. The first kappa shape index (κ1) is 24.9. The van der Waals surface area contributed by atoms with Gasteiger partial charge >= 0.3 is 6.18 Å². The average Bonchev–Trinajstić information content (AvgIpc) is 3.21. The number of likely N-dealkylation sites (tertiary alicyclic amines) is 1. The van der Waals surface area contributed by atoms with Gasteiger partial charge in [0.15, 0.2) is 0 Å². The number of hydrogen-bond acceptors (Lipinski definition) is 4. The number of halogens is 4. The van der Waals surface area contributed by atoms with Crippen LogP contribution in [0.2, 0.25) is 0 Å². The molecule has 176 valence electrons. The number of rotatable bonds is 6. The third-order valence-electron chi connectivity index (χ3n) is 6.17. The van der Waals surface area contributed by atoms with E-state index in [4.69, 9.17) is 4.74 Å². The van der Waals surface area contributed by atoms with Gasteiger partial charge in [0.2, 0.25) is 0 Å². The van der Waals surface area contributed by atoms with Crippen LogP contribution in [0.25, 0.3) is 0 Å². The molecule has 0 saturated carbocycles. The number of fused-ring (bicyclic) bond motifs is 3. The van der Waals surface area contributed by atoms with Crippen LogP contribution in [0.1, 0.15) is 45.8 Å². The zero-order chi connectivity index (χ0) is 22.7. The first-order valence-corrected chi connectivity index (χ1v) is 10.7. The van der Waals surface area contributed by atoms with Crippen molar-refractivity contribution in [1.29, 1.82) is 5.26 Å². The maximum absolute atomic E-state index is 13.1. The van der Waals surface area contributed by atoms with Crippen LogP contribution >= 0.6 is 12.4 Å². The number of nitriles is 1. The van der Waals surface area contributed by atoms with Gasteiger partial charge in [-0.05, 0) is 49.7 Å². The summed E-state index contributed by atoms with van der Waals surface area (Å²) in [6, 6.07) is 12.6. The molecule has 1 N–H and O–H groups in total. The molecule has 2 atom stereocenters. The van der Waals surface area contributed by atoms with Crippen molar-refractivity contribution in [3.63, 3.8) is 0 Å². The molecule has 2 aliphatic heterocycles. The first-order chi connectivity index (χ1) is 15.4. The Balaban J connectivity index is 0.00000306. The van der Waals surface area contributed by atoms with Crippen LogP contribution in [0, 0.1) is 17.2 Å². The van der Waals surface area contributed by atoms with E-state index in [0.29, 0.717) is 37.0 Å². The quantitative estimate of drug-likeness (QED) is 0.614. The summed E-state index contributed by atoms with van der Waals surface area (Å²) >= 11 is 0. The fourth-order valence-corrected chi connectivity index (χ4v) is 4.59. The molecule has 0 spiro atoms. The van der Waals surface area contributed by atoms with E-state index in [1.54, 1.807) is 6.07 Å². The molecule has 2 heterocycles. The highest BCUT2D eigenvalue weighted by Gasteiger charge is 2.38.